The van der Waals surface area contributed by atoms with E-state index in [9.17, 15) is 43.2 Å². The third-order valence-corrected chi connectivity index (χ3v) is 21.2. The standard InChI is InChI=1S/C81H158O17P2/c1-7-10-12-14-16-18-20-22-23-24-25-26-27-28-29-33-38-42-46-54-60-66-80(85)97-76(69-91-78(83)63-57-51-44-40-36-34-30-32-35-39-43-49-55-61-73(4)5)71-95-99(87,88)93-67-75(82)68-94-100(89,90)96-72-77(70-92-79(84)64-58-52-48-47-50-56-62-74(6)9-3)98-81(86)65-59-53-45-41-37-31-21-19-17-15-13-11-8-2/h73-77,82H,7-72H2,1-6H3,(H,87,88)(H,89,90)/t74?,75-,76-,77-/m1/s1. The zero-order valence-corrected chi connectivity index (χ0v) is 67.3. The predicted molar refractivity (Wildman–Crippen MR) is 409 cm³/mol. The van der Waals surface area contributed by atoms with Gasteiger partial charge in [-0.15, -0.1) is 0 Å². The van der Waals surface area contributed by atoms with E-state index in [-0.39, 0.29) is 25.7 Å². The van der Waals surface area contributed by atoms with Crippen LogP contribution in [0.4, 0.5) is 0 Å². The van der Waals surface area contributed by atoms with Gasteiger partial charge in [0, 0.05) is 25.7 Å². The summed E-state index contributed by atoms with van der Waals surface area (Å²) in [6.45, 7) is 9.61. The first-order valence-corrected chi connectivity index (χ1v) is 45.0. The fourth-order valence-corrected chi connectivity index (χ4v) is 14.1. The lowest BCUT2D eigenvalue weighted by Crippen LogP contribution is -2.30. The maximum absolute atomic E-state index is 13.1. The van der Waals surface area contributed by atoms with Crippen LogP contribution in [0.2, 0.25) is 0 Å². The van der Waals surface area contributed by atoms with E-state index < -0.39 is 97.5 Å². The van der Waals surface area contributed by atoms with Crippen molar-refractivity contribution in [3.05, 3.63) is 0 Å². The number of esters is 4. The smallest absolute Gasteiger partial charge is 0.462 e. The summed E-state index contributed by atoms with van der Waals surface area (Å²) in [4.78, 5) is 73.0. The average Bonchev–Trinajstić information content (AvgIpc) is 1.71. The first-order chi connectivity index (χ1) is 48.4. The maximum atomic E-state index is 13.1. The van der Waals surface area contributed by atoms with E-state index in [1.54, 1.807) is 0 Å². The van der Waals surface area contributed by atoms with Crippen molar-refractivity contribution in [3.8, 4) is 0 Å². The number of hydrogen-bond donors (Lipinski definition) is 3. The van der Waals surface area contributed by atoms with Gasteiger partial charge in [0.1, 0.15) is 19.3 Å². The van der Waals surface area contributed by atoms with Crippen molar-refractivity contribution in [1.82, 2.24) is 0 Å². The molecule has 0 amide bonds. The molecule has 17 nitrogen and oxygen atoms in total. The molecule has 0 saturated heterocycles. The molecule has 19 heteroatoms. The van der Waals surface area contributed by atoms with Crippen LogP contribution in [0.3, 0.4) is 0 Å². The Bertz CT molecular complexity index is 1930. The van der Waals surface area contributed by atoms with Crippen LogP contribution in [-0.2, 0) is 65.4 Å². The number of phosphoric ester groups is 2. The zero-order valence-electron chi connectivity index (χ0n) is 65.5. The van der Waals surface area contributed by atoms with Gasteiger partial charge in [0.2, 0.25) is 0 Å². The number of rotatable bonds is 80. The van der Waals surface area contributed by atoms with Crippen molar-refractivity contribution in [2.45, 2.75) is 445 Å². The third kappa shape index (κ3) is 73.0. The summed E-state index contributed by atoms with van der Waals surface area (Å²) in [7, 11) is -9.92. The Morgan fingerprint density at radius 2 is 0.510 bits per heavy atom. The van der Waals surface area contributed by atoms with Gasteiger partial charge in [0.15, 0.2) is 12.2 Å². The van der Waals surface area contributed by atoms with Gasteiger partial charge in [-0.25, -0.2) is 9.13 Å². The van der Waals surface area contributed by atoms with E-state index in [1.807, 2.05) is 0 Å². The molecule has 6 atom stereocenters. The first kappa shape index (κ1) is 98.1. The number of phosphoric acid groups is 2. The lowest BCUT2D eigenvalue weighted by atomic mass is 10.00. The van der Waals surface area contributed by atoms with Gasteiger partial charge < -0.3 is 33.8 Å². The number of carbonyl (C=O) groups excluding carboxylic acids is 4. The van der Waals surface area contributed by atoms with Gasteiger partial charge in [-0.2, -0.15) is 0 Å². The highest BCUT2D eigenvalue weighted by molar-refractivity contribution is 7.47. The van der Waals surface area contributed by atoms with Crippen LogP contribution >= 0.6 is 15.6 Å². The molecule has 100 heavy (non-hydrogen) atoms. The molecule has 0 aromatic heterocycles. The molecule has 0 rings (SSSR count). The predicted octanol–water partition coefficient (Wildman–Crippen LogP) is 24.3. The number of unbranched alkanes of at least 4 members (excludes halogenated alkanes) is 49. The Morgan fingerprint density at radius 1 is 0.290 bits per heavy atom. The Balaban J connectivity index is 5.22. The van der Waals surface area contributed by atoms with Crippen LogP contribution in [-0.4, -0.2) is 96.7 Å². The number of carbonyl (C=O) groups is 4. The topological polar surface area (TPSA) is 237 Å². The summed E-state index contributed by atoms with van der Waals surface area (Å²) >= 11 is 0. The second kappa shape index (κ2) is 72.6. The zero-order chi connectivity index (χ0) is 73.5. The molecule has 0 fully saturated rings. The molecule has 0 aliphatic rings. The van der Waals surface area contributed by atoms with E-state index in [1.165, 1.54) is 238 Å². The second-order valence-corrected chi connectivity index (χ2v) is 32.8. The van der Waals surface area contributed by atoms with E-state index >= 15 is 0 Å². The summed E-state index contributed by atoms with van der Waals surface area (Å²) in [5, 5.41) is 10.6. The van der Waals surface area contributed by atoms with Crippen molar-refractivity contribution in [2.24, 2.45) is 11.8 Å². The Kier molecular flexibility index (Phi) is 71.2. The van der Waals surface area contributed by atoms with Crippen LogP contribution in [0.1, 0.15) is 427 Å². The molecule has 0 spiro atoms. The van der Waals surface area contributed by atoms with Crippen LogP contribution < -0.4 is 0 Å². The molecule has 0 bridgehead atoms. The fourth-order valence-electron chi connectivity index (χ4n) is 12.5. The first-order valence-electron chi connectivity index (χ1n) is 42.0. The minimum absolute atomic E-state index is 0.107. The fraction of sp³-hybridized carbons (Fsp3) is 0.951. The molecular formula is C81H158O17P2. The SMILES string of the molecule is CCCCCCCCCCCCCCCCCCCCCCCC(=O)O[C@H](COC(=O)CCCCCCCCCCCCCCCC(C)C)COP(=O)(O)OC[C@@H](O)COP(=O)(O)OC[C@@H](COC(=O)CCCCCCCCC(C)CC)OC(=O)CCCCCCCCCCCCCCC. The molecule has 3 N–H and O–H groups in total. The van der Waals surface area contributed by atoms with Crippen LogP contribution in [0.15, 0.2) is 0 Å². The van der Waals surface area contributed by atoms with Gasteiger partial charge in [0.25, 0.3) is 0 Å². The summed E-state index contributed by atoms with van der Waals surface area (Å²) in [5.41, 5.74) is 0. The minimum Gasteiger partial charge on any atom is -0.462 e. The summed E-state index contributed by atoms with van der Waals surface area (Å²) < 4.78 is 68.7. The van der Waals surface area contributed by atoms with Crippen molar-refractivity contribution in [3.63, 3.8) is 0 Å². The Morgan fingerprint density at radius 3 is 0.760 bits per heavy atom. The van der Waals surface area contributed by atoms with E-state index in [2.05, 4.69) is 41.5 Å². The van der Waals surface area contributed by atoms with Crippen molar-refractivity contribution in [2.75, 3.05) is 39.6 Å². The molecule has 0 aliphatic carbocycles. The highest BCUT2D eigenvalue weighted by atomic mass is 31.2. The largest absolute Gasteiger partial charge is 0.472 e. The average molecular weight is 1470 g/mol. The maximum Gasteiger partial charge on any atom is 0.472 e. The van der Waals surface area contributed by atoms with Gasteiger partial charge in [-0.05, 0) is 37.5 Å². The van der Waals surface area contributed by atoms with Crippen LogP contribution in [0.25, 0.3) is 0 Å². The highest BCUT2D eigenvalue weighted by Crippen LogP contribution is 2.45. The molecule has 0 aromatic carbocycles. The molecule has 594 valence electrons. The molecular weight excluding hydrogens is 1310 g/mol. The monoisotopic (exact) mass is 1470 g/mol. The molecule has 0 saturated carbocycles. The van der Waals surface area contributed by atoms with Gasteiger partial charge in [0.05, 0.1) is 26.4 Å². The molecule has 0 heterocycles. The van der Waals surface area contributed by atoms with Crippen LogP contribution in [0.5, 0.6) is 0 Å². The summed E-state index contributed by atoms with van der Waals surface area (Å²) in [5.74, 6) is -0.588. The van der Waals surface area contributed by atoms with Gasteiger partial charge >= 0.3 is 39.5 Å². The minimum atomic E-state index is -4.96. The molecule has 3 unspecified atom stereocenters. The lowest BCUT2D eigenvalue weighted by molar-refractivity contribution is -0.161. The van der Waals surface area contributed by atoms with Crippen molar-refractivity contribution >= 4 is 39.5 Å². The number of hydrogen-bond acceptors (Lipinski definition) is 15. The molecule has 0 aromatic rings. The normalized spacial score (nSPS) is 14.2. The highest BCUT2D eigenvalue weighted by Gasteiger charge is 2.30. The van der Waals surface area contributed by atoms with Crippen molar-refractivity contribution in [1.29, 1.82) is 0 Å². The number of ether oxygens (including phenoxy) is 4. The van der Waals surface area contributed by atoms with E-state index in [4.69, 9.17) is 37.0 Å². The Labute approximate surface area is 613 Å². The quantitative estimate of drug-likeness (QED) is 0.0222. The molecule has 0 radical (unpaired) electrons. The van der Waals surface area contributed by atoms with Crippen LogP contribution in [0, 0.1) is 11.8 Å². The molecule has 0 aliphatic heterocycles. The van der Waals surface area contributed by atoms with E-state index in [0.29, 0.717) is 25.7 Å². The summed E-state index contributed by atoms with van der Waals surface area (Å²) in [6.07, 6.45) is 62.5. The van der Waals surface area contributed by atoms with Gasteiger partial charge in [-0.3, -0.25) is 37.3 Å². The number of aliphatic hydroxyl groups is 1. The Hall–Kier alpha value is -1.94. The third-order valence-electron chi connectivity index (χ3n) is 19.3. The van der Waals surface area contributed by atoms with Crippen molar-refractivity contribution < 1.29 is 80.2 Å². The number of aliphatic hydroxyl groups excluding tert-OH is 1. The van der Waals surface area contributed by atoms with Gasteiger partial charge in [-0.1, -0.05) is 375 Å². The second-order valence-electron chi connectivity index (χ2n) is 29.9. The van der Waals surface area contributed by atoms with E-state index in [0.717, 1.165) is 108 Å². The summed E-state index contributed by atoms with van der Waals surface area (Å²) in [6, 6.07) is 0. The lowest BCUT2D eigenvalue weighted by Gasteiger charge is -2.21.